The number of alkyl halides is 2. The highest BCUT2D eigenvalue weighted by Crippen LogP contribution is 2.23. The molecule has 2 aliphatic rings. The van der Waals surface area contributed by atoms with Crippen molar-refractivity contribution in [1.29, 1.82) is 0 Å². The maximum atomic E-state index is 13.5. The topological polar surface area (TPSA) is 134 Å². The number of carbonyl (C=O) groups excluding carboxylic acids is 2. The summed E-state index contributed by atoms with van der Waals surface area (Å²) in [7, 11) is 0. The first kappa shape index (κ1) is 29.4. The second kappa shape index (κ2) is 11.7. The number of ether oxygens (including phenoxy) is 2. The molecule has 2 aliphatic heterocycles. The molecule has 10 nitrogen and oxygen atoms in total. The predicted octanol–water partition coefficient (Wildman–Crippen LogP) is 3.33. The molecule has 34 heavy (non-hydrogen) atoms. The molecular weight excluding hydrogens is 458 g/mol. The van der Waals surface area contributed by atoms with Crippen LogP contribution in [0, 0.1) is 11.8 Å². The molecule has 196 valence electrons. The van der Waals surface area contributed by atoms with Gasteiger partial charge in [-0.05, 0) is 54.4 Å². The summed E-state index contributed by atoms with van der Waals surface area (Å²) in [4.78, 5) is 47.1. The standard InChI is InChI=1S/2C11H18FNO4/c2*1-11(2,3)17-10(16)13-5-4-7(9(14)15)8(12)6-13/h2*7-8H,4-6H2,1-3H3,(H,14,15)/t2*7-,8+/m10/s1. The normalized spacial score (nSPS) is 25.5. The molecule has 4 atom stereocenters. The van der Waals surface area contributed by atoms with E-state index in [1.54, 1.807) is 41.5 Å². The Balaban J connectivity index is 0.000000340. The summed E-state index contributed by atoms with van der Waals surface area (Å²) < 4.78 is 37.2. The van der Waals surface area contributed by atoms with E-state index >= 15 is 0 Å². The van der Waals surface area contributed by atoms with Gasteiger partial charge in [-0.3, -0.25) is 9.59 Å². The number of nitrogens with zero attached hydrogens (tertiary/aromatic N) is 2. The van der Waals surface area contributed by atoms with Crippen molar-refractivity contribution in [3.05, 3.63) is 0 Å². The molecule has 12 heteroatoms. The third kappa shape index (κ3) is 9.68. The molecule has 0 aromatic carbocycles. The Kier molecular flexibility index (Phi) is 10.1. The average Bonchev–Trinajstić information content (AvgIpc) is 2.65. The first-order chi connectivity index (χ1) is 15.4. The number of aliphatic carboxylic acids is 2. The van der Waals surface area contributed by atoms with E-state index in [2.05, 4.69) is 0 Å². The Morgan fingerprint density at radius 3 is 1.21 bits per heavy atom. The van der Waals surface area contributed by atoms with Gasteiger partial charge in [0.2, 0.25) is 0 Å². The van der Waals surface area contributed by atoms with Crippen LogP contribution in [-0.4, -0.2) is 93.9 Å². The van der Waals surface area contributed by atoms with E-state index in [9.17, 15) is 28.0 Å². The number of hydrogen-bond acceptors (Lipinski definition) is 6. The van der Waals surface area contributed by atoms with Crippen LogP contribution < -0.4 is 0 Å². The lowest BCUT2D eigenvalue weighted by atomic mass is 9.95. The largest absolute Gasteiger partial charge is 0.481 e. The van der Waals surface area contributed by atoms with E-state index in [1.807, 2.05) is 0 Å². The van der Waals surface area contributed by atoms with E-state index in [-0.39, 0.29) is 39.0 Å². The van der Waals surface area contributed by atoms with E-state index in [0.717, 1.165) is 0 Å². The van der Waals surface area contributed by atoms with E-state index in [0.29, 0.717) is 0 Å². The van der Waals surface area contributed by atoms with Crippen molar-refractivity contribution in [1.82, 2.24) is 9.80 Å². The summed E-state index contributed by atoms with van der Waals surface area (Å²) in [5.74, 6) is -4.34. The fourth-order valence-electron chi connectivity index (χ4n) is 3.35. The number of likely N-dealkylation sites (tertiary alicyclic amines) is 2. The van der Waals surface area contributed by atoms with Crippen LogP contribution in [0.4, 0.5) is 18.4 Å². The van der Waals surface area contributed by atoms with Crippen LogP contribution in [0.25, 0.3) is 0 Å². The fourth-order valence-corrected chi connectivity index (χ4v) is 3.35. The molecule has 2 heterocycles. The van der Waals surface area contributed by atoms with Crippen molar-refractivity contribution in [2.45, 2.75) is 77.9 Å². The number of carbonyl (C=O) groups is 4. The zero-order chi connectivity index (χ0) is 26.4. The Morgan fingerprint density at radius 1 is 0.706 bits per heavy atom. The van der Waals surface area contributed by atoms with Crippen LogP contribution in [0.3, 0.4) is 0 Å². The predicted molar refractivity (Wildman–Crippen MR) is 117 cm³/mol. The second-order valence-corrected chi connectivity index (χ2v) is 10.4. The Morgan fingerprint density at radius 2 is 1.00 bits per heavy atom. The van der Waals surface area contributed by atoms with Crippen LogP contribution in [0.1, 0.15) is 54.4 Å². The molecule has 0 unspecified atom stereocenters. The number of hydrogen-bond donors (Lipinski definition) is 2. The minimum Gasteiger partial charge on any atom is -0.481 e. The fraction of sp³-hybridized carbons (Fsp3) is 0.818. The summed E-state index contributed by atoms with van der Waals surface area (Å²) in [6, 6.07) is 0. The summed E-state index contributed by atoms with van der Waals surface area (Å²) >= 11 is 0. The number of piperidine rings is 2. The van der Waals surface area contributed by atoms with E-state index in [4.69, 9.17) is 19.7 Å². The van der Waals surface area contributed by atoms with Crippen molar-refractivity contribution < 1.29 is 47.6 Å². The van der Waals surface area contributed by atoms with Gasteiger partial charge in [-0.1, -0.05) is 0 Å². The van der Waals surface area contributed by atoms with Crippen LogP contribution >= 0.6 is 0 Å². The first-order valence-corrected chi connectivity index (χ1v) is 11.1. The number of carboxylic acids is 2. The molecule has 2 saturated heterocycles. The number of amides is 2. The van der Waals surface area contributed by atoms with Crippen LogP contribution in [0.5, 0.6) is 0 Å². The van der Waals surface area contributed by atoms with E-state index < -0.39 is 59.5 Å². The van der Waals surface area contributed by atoms with Gasteiger partial charge in [0.25, 0.3) is 0 Å². The van der Waals surface area contributed by atoms with Crippen molar-refractivity contribution in [3.8, 4) is 0 Å². The molecule has 0 saturated carbocycles. The molecule has 0 radical (unpaired) electrons. The van der Waals surface area contributed by atoms with Crippen molar-refractivity contribution in [3.63, 3.8) is 0 Å². The van der Waals surface area contributed by atoms with Gasteiger partial charge in [0.15, 0.2) is 0 Å². The zero-order valence-corrected chi connectivity index (χ0v) is 20.5. The van der Waals surface area contributed by atoms with Gasteiger partial charge in [0.05, 0.1) is 24.9 Å². The third-order valence-electron chi connectivity index (χ3n) is 5.02. The van der Waals surface area contributed by atoms with Crippen molar-refractivity contribution in [2.24, 2.45) is 11.8 Å². The molecule has 2 rings (SSSR count). The number of rotatable bonds is 2. The molecule has 0 aromatic heterocycles. The van der Waals surface area contributed by atoms with Crippen LogP contribution in [0.2, 0.25) is 0 Å². The molecule has 0 aliphatic carbocycles. The monoisotopic (exact) mass is 494 g/mol. The van der Waals surface area contributed by atoms with Gasteiger partial charge in [-0.25, -0.2) is 18.4 Å². The van der Waals surface area contributed by atoms with Gasteiger partial charge >= 0.3 is 24.1 Å². The molecule has 2 N–H and O–H groups in total. The maximum Gasteiger partial charge on any atom is 0.410 e. The highest BCUT2D eigenvalue weighted by atomic mass is 19.1. The first-order valence-electron chi connectivity index (χ1n) is 11.1. The van der Waals surface area contributed by atoms with Gasteiger partial charge < -0.3 is 29.5 Å². The quantitative estimate of drug-likeness (QED) is 0.597. The van der Waals surface area contributed by atoms with Crippen molar-refractivity contribution in [2.75, 3.05) is 26.2 Å². The summed E-state index contributed by atoms with van der Waals surface area (Å²) in [5, 5.41) is 17.5. The Bertz CT molecular complexity index is 688. The Labute approximate surface area is 198 Å². The summed E-state index contributed by atoms with van der Waals surface area (Å²) in [5.41, 5.74) is -1.26. The second-order valence-electron chi connectivity index (χ2n) is 10.4. The summed E-state index contributed by atoms with van der Waals surface area (Å²) in [6.07, 6.45) is -4.01. The van der Waals surface area contributed by atoms with E-state index in [1.165, 1.54) is 9.80 Å². The third-order valence-corrected chi connectivity index (χ3v) is 5.02. The van der Waals surface area contributed by atoms with Gasteiger partial charge in [0.1, 0.15) is 23.5 Å². The number of halogens is 2. The number of carboxylic acid groups (broad SMARTS) is 2. The highest BCUT2D eigenvalue weighted by molar-refractivity contribution is 5.73. The lowest BCUT2D eigenvalue weighted by Crippen LogP contribution is -2.48. The molecule has 0 bridgehead atoms. The molecule has 0 spiro atoms. The van der Waals surface area contributed by atoms with Crippen LogP contribution in [0.15, 0.2) is 0 Å². The van der Waals surface area contributed by atoms with Gasteiger partial charge in [-0.2, -0.15) is 0 Å². The van der Waals surface area contributed by atoms with Crippen molar-refractivity contribution >= 4 is 24.1 Å². The minimum atomic E-state index is -1.53. The van der Waals surface area contributed by atoms with Gasteiger partial charge in [0, 0.05) is 13.1 Å². The molecule has 0 aromatic rings. The molecule has 2 fully saturated rings. The lowest BCUT2D eigenvalue weighted by molar-refractivity contribution is -0.147. The average molecular weight is 495 g/mol. The minimum absolute atomic E-state index is 0.121. The smallest absolute Gasteiger partial charge is 0.410 e. The highest BCUT2D eigenvalue weighted by Gasteiger charge is 2.38. The lowest BCUT2D eigenvalue weighted by Gasteiger charge is -2.34. The van der Waals surface area contributed by atoms with Gasteiger partial charge in [-0.15, -0.1) is 0 Å². The Hall–Kier alpha value is -2.66. The van der Waals surface area contributed by atoms with Crippen LogP contribution in [-0.2, 0) is 19.1 Å². The zero-order valence-electron chi connectivity index (χ0n) is 20.5. The maximum absolute atomic E-state index is 13.5. The SMILES string of the molecule is CC(C)(C)OC(=O)N1CC[C@@H](C(=O)O)[C@@H](F)C1.CC(C)(C)OC(=O)N1CC[C@H](C(=O)O)[C@H](F)C1. The summed E-state index contributed by atoms with van der Waals surface area (Å²) in [6.45, 7) is 10.3. The molecule has 2 amide bonds. The molecular formula is C22H36F2N2O8.